The molecule has 1 aliphatic heterocycles. The predicted molar refractivity (Wildman–Crippen MR) is 85.6 cm³/mol. The number of fused-ring (bicyclic) bond motifs is 1. The number of aryl methyl sites for hydroxylation is 1. The molecule has 6 nitrogen and oxygen atoms in total. The van der Waals surface area contributed by atoms with Gasteiger partial charge in [0.25, 0.3) is 5.56 Å². The average molecular weight is 305 g/mol. The van der Waals surface area contributed by atoms with Crippen LogP contribution in [0.1, 0.15) is 48.9 Å². The summed E-state index contributed by atoms with van der Waals surface area (Å²) in [6.07, 6.45) is 1.85. The molecule has 0 bridgehead atoms. The fourth-order valence-corrected chi connectivity index (χ4v) is 3.74. The lowest BCUT2D eigenvalue weighted by Crippen LogP contribution is -2.14. The van der Waals surface area contributed by atoms with Gasteiger partial charge in [-0.05, 0) is 27.7 Å². The van der Waals surface area contributed by atoms with Crippen molar-refractivity contribution < 1.29 is 0 Å². The largest absolute Gasteiger partial charge is 0.273 e. The summed E-state index contributed by atoms with van der Waals surface area (Å²) in [4.78, 5) is 17.0. The topological polar surface area (TPSA) is 68.0 Å². The van der Waals surface area contributed by atoms with Crippen LogP contribution in [0.5, 0.6) is 0 Å². The standard InChI is InChI=1S/C14H19N5OS/c1-7(2)19-13-11(14(20)17-19)12(21-9(4)16-13)10-6-15-18(5)8(10)3/h6-7,12H,1-5H3,(H,17,20)/t12-/m0/s1. The normalized spacial score (nSPS) is 18.0. The minimum absolute atomic E-state index is 0.0463. The van der Waals surface area contributed by atoms with Gasteiger partial charge < -0.3 is 0 Å². The summed E-state index contributed by atoms with van der Waals surface area (Å²) in [7, 11) is 1.91. The van der Waals surface area contributed by atoms with Gasteiger partial charge in [-0.25, -0.2) is 4.99 Å². The summed E-state index contributed by atoms with van der Waals surface area (Å²) >= 11 is 1.61. The molecule has 0 aliphatic carbocycles. The molecule has 112 valence electrons. The van der Waals surface area contributed by atoms with E-state index in [4.69, 9.17) is 0 Å². The Kier molecular flexibility index (Phi) is 3.32. The first-order valence-corrected chi connectivity index (χ1v) is 7.83. The van der Waals surface area contributed by atoms with Crippen LogP contribution in [0.2, 0.25) is 0 Å². The molecule has 21 heavy (non-hydrogen) atoms. The molecule has 0 spiro atoms. The zero-order valence-corrected chi connectivity index (χ0v) is 13.7. The number of rotatable bonds is 2. The molecule has 2 aromatic heterocycles. The van der Waals surface area contributed by atoms with E-state index in [1.54, 1.807) is 11.8 Å². The molecule has 3 rings (SSSR count). The highest BCUT2D eigenvalue weighted by atomic mass is 32.2. The van der Waals surface area contributed by atoms with Crippen molar-refractivity contribution in [3.63, 3.8) is 0 Å². The molecule has 1 N–H and O–H groups in total. The number of H-pyrrole nitrogens is 1. The molecule has 0 amide bonds. The fraction of sp³-hybridized carbons (Fsp3) is 0.500. The van der Waals surface area contributed by atoms with E-state index in [0.717, 1.165) is 27.7 Å². The Bertz CT molecular complexity index is 780. The summed E-state index contributed by atoms with van der Waals surface area (Å²) < 4.78 is 3.68. The van der Waals surface area contributed by atoms with Crippen LogP contribution in [0.3, 0.4) is 0 Å². The van der Waals surface area contributed by atoms with Gasteiger partial charge in [0, 0.05) is 24.3 Å². The first-order chi connectivity index (χ1) is 9.90. The number of aromatic amines is 1. The van der Waals surface area contributed by atoms with Gasteiger partial charge in [-0.2, -0.15) is 5.10 Å². The van der Waals surface area contributed by atoms with E-state index in [0.29, 0.717) is 0 Å². The SMILES string of the molecule is CC1=Nc2c(c(=O)[nH]n2C(C)C)[C@H](c2cnn(C)c2C)S1. The molecular weight excluding hydrogens is 286 g/mol. The number of aliphatic imine (C=N–C) groups is 1. The van der Waals surface area contributed by atoms with E-state index in [9.17, 15) is 4.79 Å². The van der Waals surface area contributed by atoms with Crippen LogP contribution in [-0.2, 0) is 7.05 Å². The first kappa shape index (κ1) is 14.2. The van der Waals surface area contributed by atoms with Crippen LogP contribution >= 0.6 is 11.8 Å². The monoisotopic (exact) mass is 305 g/mol. The summed E-state index contributed by atoms with van der Waals surface area (Å²) in [5.41, 5.74) is 2.82. The summed E-state index contributed by atoms with van der Waals surface area (Å²) in [5.74, 6) is 0.750. The lowest BCUT2D eigenvalue weighted by atomic mass is 10.1. The van der Waals surface area contributed by atoms with Crippen LogP contribution < -0.4 is 5.56 Å². The fourth-order valence-electron chi connectivity index (χ4n) is 2.58. The van der Waals surface area contributed by atoms with Gasteiger partial charge >= 0.3 is 0 Å². The number of aromatic nitrogens is 4. The van der Waals surface area contributed by atoms with Crippen LogP contribution in [0.4, 0.5) is 5.82 Å². The lowest BCUT2D eigenvalue weighted by Gasteiger charge is -2.21. The Morgan fingerprint density at radius 1 is 1.38 bits per heavy atom. The second-order valence-electron chi connectivity index (χ2n) is 5.58. The van der Waals surface area contributed by atoms with Crippen molar-refractivity contribution in [2.75, 3.05) is 0 Å². The number of nitrogens with zero attached hydrogens (tertiary/aromatic N) is 4. The molecule has 3 heterocycles. The summed E-state index contributed by atoms with van der Waals surface area (Å²) in [6, 6.07) is 0.164. The van der Waals surface area contributed by atoms with Gasteiger partial charge in [-0.3, -0.25) is 19.3 Å². The minimum atomic E-state index is -0.0595. The highest BCUT2D eigenvalue weighted by Gasteiger charge is 2.32. The second-order valence-corrected chi connectivity index (χ2v) is 6.88. The third-order valence-electron chi connectivity index (χ3n) is 3.82. The summed E-state index contributed by atoms with van der Waals surface area (Å²) in [5, 5.41) is 8.14. The van der Waals surface area contributed by atoms with Crippen molar-refractivity contribution in [3.8, 4) is 0 Å². The molecular formula is C14H19N5OS. The van der Waals surface area contributed by atoms with Crippen molar-refractivity contribution in [3.05, 3.63) is 33.4 Å². The smallest absolute Gasteiger partial charge is 0.271 e. The highest BCUT2D eigenvalue weighted by molar-refractivity contribution is 8.14. The number of thioether (sulfide) groups is 1. The molecule has 1 atom stereocenters. The maximum atomic E-state index is 12.4. The third kappa shape index (κ3) is 2.16. The van der Waals surface area contributed by atoms with Crippen LogP contribution in [0.25, 0.3) is 0 Å². The molecule has 0 aromatic carbocycles. The van der Waals surface area contributed by atoms with E-state index in [1.807, 2.05) is 50.3 Å². The number of hydrogen-bond acceptors (Lipinski definition) is 4. The number of hydrogen-bond donors (Lipinski definition) is 1. The van der Waals surface area contributed by atoms with Gasteiger partial charge in [0.1, 0.15) is 0 Å². The average Bonchev–Trinajstić information content (AvgIpc) is 2.91. The molecule has 1 aliphatic rings. The number of nitrogens with one attached hydrogen (secondary N) is 1. The first-order valence-electron chi connectivity index (χ1n) is 6.95. The van der Waals surface area contributed by atoms with Crippen molar-refractivity contribution in [1.29, 1.82) is 0 Å². The van der Waals surface area contributed by atoms with E-state index in [-0.39, 0.29) is 16.9 Å². The van der Waals surface area contributed by atoms with Gasteiger partial charge in [-0.15, -0.1) is 0 Å². The molecule has 0 fully saturated rings. The van der Waals surface area contributed by atoms with E-state index < -0.39 is 0 Å². The zero-order chi connectivity index (χ0) is 15.3. The zero-order valence-electron chi connectivity index (χ0n) is 12.8. The molecule has 0 unspecified atom stereocenters. The molecule has 0 radical (unpaired) electrons. The highest BCUT2D eigenvalue weighted by Crippen LogP contribution is 2.44. The Balaban J connectivity index is 2.23. The quantitative estimate of drug-likeness (QED) is 0.927. The van der Waals surface area contributed by atoms with Crippen molar-refractivity contribution in [1.82, 2.24) is 19.6 Å². The predicted octanol–water partition coefficient (Wildman–Crippen LogP) is 2.69. The van der Waals surface area contributed by atoms with Gasteiger partial charge in [0.2, 0.25) is 0 Å². The van der Waals surface area contributed by atoms with E-state index in [1.165, 1.54) is 0 Å². The van der Waals surface area contributed by atoms with Crippen LogP contribution in [0.15, 0.2) is 16.0 Å². The van der Waals surface area contributed by atoms with Crippen molar-refractivity contribution >= 4 is 22.6 Å². The molecule has 0 saturated heterocycles. The van der Waals surface area contributed by atoms with Crippen LogP contribution in [0, 0.1) is 6.92 Å². The van der Waals surface area contributed by atoms with Gasteiger partial charge in [0.15, 0.2) is 5.82 Å². The Labute approximate surface area is 127 Å². The van der Waals surface area contributed by atoms with Crippen molar-refractivity contribution in [2.45, 2.75) is 39.0 Å². The van der Waals surface area contributed by atoms with Crippen LogP contribution in [-0.4, -0.2) is 24.6 Å². The maximum absolute atomic E-state index is 12.4. The molecule has 2 aromatic rings. The summed E-state index contributed by atoms with van der Waals surface area (Å²) in [6.45, 7) is 8.08. The Hall–Kier alpha value is -1.76. The molecule has 7 heteroatoms. The molecule has 0 saturated carbocycles. The van der Waals surface area contributed by atoms with E-state index in [2.05, 4.69) is 15.2 Å². The second kappa shape index (κ2) is 4.91. The minimum Gasteiger partial charge on any atom is -0.273 e. The van der Waals surface area contributed by atoms with Gasteiger partial charge in [0.05, 0.1) is 22.1 Å². The van der Waals surface area contributed by atoms with E-state index >= 15 is 0 Å². The third-order valence-corrected chi connectivity index (χ3v) is 4.98. The Morgan fingerprint density at radius 3 is 2.67 bits per heavy atom. The Morgan fingerprint density at radius 2 is 2.10 bits per heavy atom. The maximum Gasteiger partial charge on any atom is 0.271 e. The van der Waals surface area contributed by atoms with Crippen molar-refractivity contribution in [2.24, 2.45) is 12.0 Å². The lowest BCUT2D eigenvalue weighted by molar-refractivity contribution is 0.533. The van der Waals surface area contributed by atoms with Gasteiger partial charge in [-0.1, -0.05) is 11.8 Å².